The van der Waals surface area contributed by atoms with Gasteiger partial charge in [0.15, 0.2) is 0 Å². The number of rotatable bonds is 3. The fourth-order valence-electron chi connectivity index (χ4n) is 3.76. The van der Waals surface area contributed by atoms with Crippen LogP contribution in [0.25, 0.3) is 22.2 Å². The number of benzene rings is 3. The van der Waals surface area contributed by atoms with Gasteiger partial charge in [0.2, 0.25) is 0 Å². The Labute approximate surface area is 177 Å². The Morgan fingerprint density at radius 3 is 2.17 bits per heavy atom. The van der Waals surface area contributed by atoms with Gasteiger partial charge in [0.05, 0.1) is 16.8 Å². The van der Waals surface area contributed by atoms with Gasteiger partial charge in [-0.25, -0.2) is 4.98 Å². The molecule has 0 aliphatic heterocycles. The smallest absolute Gasteiger partial charge is 0.256 e. The zero-order valence-electron chi connectivity index (χ0n) is 18.1. The van der Waals surface area contributed by atoms with E-state index in [-0.39, 0.29) is 5.91 Å². The number of anilines is 1. The highest BCUT2D eigenvalue weighted by molar-refractivity contribution is 6.13. The number of pyridine rings is 1. The Kier molecular flexibility index (Phi) is 5.13. The summed E-state index contributed by atoms with van der Waals surface area (Å²) in [7, 11) is 0. The van der Waals surface area contributed by atoms with E-state index in [1.165, 1.54) is 11.1 Å². The van der Waals surface area contributed by atoms with Gasteiger partial charge in [-0.2, -0.15) is 0 Å². The van der Waals surface area contributed by atoms with E-state index < -0.39 is 0 Å². The first-order valence-corrected chi connectivity index (χ1v) is 10.2. The second kappa shape index (κ2) is 7.75. The second-order valence-corrected chi connectivity index (χ2v) is 8.15. The number of hydrogen-bond donors (Lipinski definition) is 1. The van der Waals surface area contributed by atoms with E-state index >= 15 is 0 Å². The number of carbonyl (C=O) groups is 1. The summed E-state index contributed by atoms with van der Waals surface area (Å²) < 4.78 is 0. The molecule has 0 spiro atoms. The van der Waals surface area contributed by atoms with E-state index in [9.17, 15) is 4.79 Å². The molecule has 0 fully saturated rings. The fourth-order valence-corrected chi connectivity index (χ4v) is 3.76. The van der Waals surface area contributed by atoms with Crippen LogP contribution < -0.4 is 5.32 Å². The van der Waals surface area contributed by atoms with Crippen LogP contribution in [-0.2, 0) is 0 Å². The Balaban J connectivity index is 1.86. The average Bonchev–Trinajstić information content (AvgIpc) is 2.70. The van der Waals surface area contributed by atoms with Crippen LogP contribution in [0.4, 0.5) is 5.69 Å². The lowest BCUT2D eigenvalue weighted by Gasteiger charge is -2.14. The van der Waals surface area contributed by atoms with Crippen molar-refractivity contribution in [1.29, 1.82) is 0 Å². The SMILES string of the molecule is Cc1ccc(-c2cc(C(=O)Nc3ccc(C)c(C)c3)c3cc(C)cc(C)c3n2)cc1. The highest BCUT2D eigenvalue weighted by atomic mass is 16.1. The molecule has 150 valence electrons. The molecular formula is C27H26N2O. The highest BCUT2D eigenvalue weighted by Gasteiger charge is 2.16. The number of nitrogens with zero attached hydrogens (tertiary/aromatic N) is 1. The van der Waals surface area contributed by atoms with Crippen LogP contribution in [0, 0.1) is 34.6 Å². The van der Waals surface area contributed by atoms with E-state index in [0.29, 0.717) is 5.56 Å². The zero-order valence-corrected chi connectivity index (χ0v) is 18.1. The maximum absolute atomic E-state index is 13.3. The van der Waals surface area contributed by atoms with Crippen LogP contribution in [0.3, 0.4) is 0 Å². The van der Waals surface area contributed by atoms with Crippen molar-refractivity contribution >= 4 is 22.5 Å². The Morgan fingerprint density at radius 1 is 0.733 bits per heavy atom. The van der Waals surface area contributed by atoms with Crippen LogP contribution in [-0.4, -0.2) is 10.9 Å². The Bertz CT molecular complexity index is 1270. The van der Waals surface area contributed by atoms with Gasteiger partial charge >= 0.3 is 0 Å². The molecule has 1 N–H and O–H groups in total. The van der Waals surface area contributed by atoms with Crippen LogP contribution >= 0.6 is 0 Å². The van der Waals surface area contributed by atoms with Crippen LogP contribution in [0.15, 0.2) is 60.7 Å². The number of nitrogens with one attached hydrogen (secondary N) is 1. The average molecular weight is 395 g/mol. The van der Waals surface area contributed by atoms with Crippen LogP contribution in [0.1, 0.15) is 38.2 Å². The standard InChI is InChI=1S/C27H26N2O/c1-16-6-9-21(10-7-16)25-15-24(23-13-17(2)12-20(5)26(23)29-25)27(30)28-22-11-8-18(3)19(4)14-22/h6-15H,1-5H3,(H,28,30). The highest BCUT2D eigenvalue weighted by Crippen LogP contribution is 2.29. The van der Waals surface area contributed by atoms with Gasteiger partial charge in [-0.3, -0.25) is 4.79 Å². The fraction of sp³-hybridized carbons (Fsp3) is 0.185. The van der Waals surface area contributed by atoms with Gasteiger partial charge in [-0.1, -0.05) is 47.5 Å². The van der Waals surface area contributed by atoms with Gasteiger partial charge in [-0.15, -0.1) is 0 Å². The largest absolute Gasteiger partial charge is 0.322 e. The molecule has 3 heteroatoms. The third-order valence-corrected chi connectivity index (χ3v) is 5.61. The predicted molar refractivity (Wildman–Crippen MR) is 125 cm³/mol. The molecule has 0 radical (unpaired) electrons. The lowest BCUT2D eigenvalue weighted by atomic mass is 9.99. The van der Waals surface area contributed by atoms with Crippen molar-refractivity contribution in [2.45, 2.75) is 34.6 Å². The van der Waals surface area contributed by atoms with Crippen molar-refractivity contribution in [1.82, 2.24) is 4.98 Å². The first kappa shape index (κ1) is 19.8. The summed E-state index contributed by atoms with van der Waals surface area (Å²) in [4.78, 5) is 18.3. The molecule has 1 heterocycles. The molecule has 0 aliphatic carbocycles. The van der Waals surface area contributed by atoms with Gasteiger partial charge in [0.25, 0.3) is 5.91 Å². The first-order chi connectivity index (χ1) is 14.3. The minimum Gasteiger partial charge on any atom is -0.322 e. The van der Waals surface area contributed by atoms with Crippen molar-refractivity contribution < 1.29 is 4.79 Å². The molecule has 3 aromatic carbocycles. The van der Waals surface area contributed by atoms with E-state index in [0.717, 1.165) is 44.5 Å². The summed E-state index contributed by atoms with van der Waals surface area (Å²) in [5.41, 5.74) is 9.85. The minimum atomic E-state index is -0.121. The Hall–Kier alpha value is -3.46. The molecule has 0 atom stereocenters. The molecular weight excluding hydrogens is 368 g/mol. The zero-order chi connectivity index (χ0) is 21.4. The van der Waals surface area contributed by atoms with E-state index in [1.807, 2.05) is 44.2 Å². The molecule has 0 unspecified atom stereocenters. The van der Waals surface area contributed by atoms with Gasteiger partial charge in [0.1, 0.15) is 0 Å². The van der Waals surface area contributed by atoms with Crippen LogP contribution in [0.5, 0.6) is 0 Å². The molecule has 0 saturated heterocycles. The number of aromatic nitrogens is 1. The summed E-state index contributed by atoms with van der Waals surface area (Å²) in [6.45, 7) is 10.3. The van der Waals surface area contributed by atoms with E-state index in [2.05, 4.69) is 56.4 Å². The number of amides is 1. The Morgan fingerprint density at radius 2 is 1.47 bits per heavy atom. The molecule has 4 aromatic rings. The monoisotopic (exact) mass is 394 g/mol. The quantitative estimate of drug-likeness (QED) is 0.420. The lowest BCUT2D eigenvalue weighted by Crippen LogP contribution is -2.13. The van der Waals surface area contributed by atoms with Crippen LogP contribution in [0.2, 0.25) is 0 Å². The molecule has 0 saturated carbocycles. The van der Waals surface area contributed by atoms with E-state index in [1.54, 1.807) is 0 Å². The molecule has 30 heavy (non-hydrogen) atoms. The van der Waals surface area contributed by atoms with Crippen molar-refractivity contribution in [2.24, 2.45) is 0 Å². The van der Waals surface area contributed by atoms with Gasteiger partial charge < -0.3 is 5.32 Å². The third-order valence-electron chi connectivity index (χ3n) is 5.61. The number of hydrogen-bond acceptors (Lipinski definition) is 2. The van der Waals surface area contributed by atoms with E-state index in [4.69, 9.17) is 4.98 Å². The maximum atomic E-state index is 13.3. The summed E-state index contributed by atoms with van der Waals surface area (Å²) in [5.74, 6) is -0.121. The minimum absolute atomic E-state index is 0.121. The third kappa shape index (κ3) is 3.84. The number of fused-ring (bicyclic) bond motifs is 1. The normalized spacial score (nSPS) is 11.0. The van der Waals surface area contributed by atoms with Crippen molar-refractivity contribution in [3.63, 3.8) is 0 Å². The molecule has 0 bridgehead atoms. The topological polar surface area (TPSA) is 42.0 Å². The molecule has 4 rings (SSSR count). The lowest BCUT2D eigenvalue weighted by molar-refractivity contribution is 0.102. The summed E-state index contributed by atoms with van der Waals surface area (Å²) >= 11 is 0. The van der Waals surface area contributed by atoms with Crippen molar-refractivity contribution in [3.05, 3.63) is 94.0 Å². The second-order valence-electron chi connectivity index (χ2n) is 8.15. The maximum Gasteiger partial charge on any atom is 0.256 e. The van der Waals surface area contributed by atoms with Crippen molar-refractivity contribution in [2.75, 3.05) is 5.32 Å². The summed E-state index contributed by atoms with van der Waals surface area (Å²) in [5, 5.41) is 3.96. The molecule has 1 amide bonds. The van der Waals surface area contributed by atoms with Gasteiger partial charge in [0, 0.05) is 16.6 Å². The molecule has 3 nitrogen and oxygen atoms in total. The molecule has 1 aromatic heterocycles. The first-order valence-electron chi connectivity index (χ1n) is 10.2. The van der Waals surface area contributed by atoms with Crippen molar-refractivity contribution in [3.8, 4) is 11.3 Å². The summed E-state index contributed by atoms with van der Waals surface area (Å²) in [6, 6.07) is 20.3. The number of carbonyl (C=O) groups excluding carboxylic acids is 1. The molecule has 0 aliphatic rings. The predicted octanol–water partition coefficient (Wildman–Crippen LogP) is 6.70. The number of aryl methyl sites for hydroxylation is 5. The van der Waals surface area contributed by atoms with Gasteiger partial charge in [-0.05, 0) is 75.6 Å². The summed E-state index contributed by atoms with van der Waals surface area (Å²) in [6.07, 6.45) is 0.